The van der Waals surface area contributed by atoms with Crippen LogP contribution in [-0.2, 0) is 0 Å². The van der Waals surface area contributed by atoms with Crippen molar-refractivity contribution < 1.29 is 4.79 Å². The van der Waals surface area contributed by atoms with E-state index < -0.39 is 6.03 Å². The summed E-state index contributed by atoms with van der Waals surface area (Å²) in [6.45, 7) is 3.65. The maximum absolute atomic E-state index is 10.3. The molecule has 1 unspecified atom stereocenters. The topological polar surface area (TPSA) is 70.4 Å². The summed E-state index contributed by atoms with van der Waals surface area (Å²) in [5, 5.41) is 5.90. The fraction of sp³-hybridized carbons (Fsp3) is 0.875. The first kappa shape index (κ1) is 10.3. The van der Waals surface area contributed by atoms with Gasteiger partial charge in [0.05, 0.1) is 0 Å². The van der Waals surface area contributed by atoms with E-state index in [9.17, 15) is 4.79 Å². The highest BCUT2D eigenvalue weighted by atomic mass is 16.2. The van der Waals surface area contributed by atoms with Crippen LogP contribution in [0.25, 0.3) is 0 Å². The molecular formula is C8H18N4O. The fourth-order valence-corrected chi connectivity index (χ4v) is 1.56. The van der Waals surface area contributed by atoms with Crippen LogP contribution in [0.4, 0.5) is 4.79 Å². The Morgan fingerprint density at radius 3 is 2.92 bits per heavy atom. The van der Waals surface area contributed by atoms with Crippen LogP contribution in [0.5, 0.6) is 0 Å². The van der Waals surface area contributed by atoms with Gasteiger partial charge in [-0.25, -0.2) is 4.79 Å². The minimum atomic E-state index is -0.453. The van der Waals surface area contributed by atoms with Gasteiger partial charge in [-0.05, 0) is 20.0 Å². The molecule has 0 spiro atoms. The van der Waals surface area contributed by atoms with Crippen LogP contribution in [0.1, 0.15) is 6.42 Å². The van der Waals surface area contributed by atoms with Crippen LogP contribution in [0.15, 0.2) is 0 Å². The molecule has 0 aromatic rings. The molecule has 5 heteroatoms. The Balaban J connectivity index is 1.97. The molecule has 1 aliphatic heterocycles. The lowest BCUT2D eigenvalue weighted by Gasteiger charge is -2.12. The summed E-state index contributed by atoms with van der Waals surface area (Å²) in [4.78, 5) is 12.6. The lowest BCUT2D eigenvalue weighted by molar-refractivity contribution is 0.249. The Morgan fingerprint density at radius 2 is 2.38 bits per heavy atom. The molecule has 1 fully saturated rings. The van der Waals surface area contributed by atoms with Crippen molar-refractivity contribution in [2.24, 2.45) is 5.73 Å². The SMILES string of the molecule is CN1CCC(NCCNC(N)=O)C1. The molecule has 1 rings (SSSR count). The summed E-state index contributed by atoms with van der Waals surface area (Å²) in [5.41, 5.74) is 4.92. The number of nitrogens with one attached hydrogen (secondary N) is 2. The van der Waals surface area contributed by atoms with E-state index in [2.05, 4.69) is 22.6 Å². The maximum Gasteiger partial charge on any atom is 0.312 e. The first-order valence-corrected chi connectivity index (χ1v) is 4.63. The van der Waals surface area contributed by atoms with E-state index >= 15 is 0 Å². The normalized spacial score (nSPS) is 23.3. The highest BCUT2D eigenvalue weighted by Crippen LogP contribution is 2.04. The van der Waals surface area contributed by atoms with Gasteiger partial charge in [-0.15, -0.1) is 0 Å². The fourth-order valence-electron chi connectivity index (χ4n) is 1.56. The van der Waals surface area contributed by atoms with Gasteiger partial charge in [0.15, 0.2) is 0 Å². The zero-order valence-corrected chi connectivity index (χ0v) is 8.05. The summed E-state index contributed by atoms with van der Waals surface area (Å²) in [7, 11) is 2.11. The van der Waals surface area contributed by atoms with Crippen molar-refractivity contribution in [1.29, 1.82) is 0 Å². The second kappa shape index (κ2) is 5.04. The molecule has 4 N–H and O–H groups in total. The van der Waals surface area contributed by atoms with E-state index in [0.29, 0.717) is 12.6 Å². The molecule has 1 aliphatic rings. The van der Waals surface area contributed by atoms with Crippen molar-refractivity contribution in [1.82, 2.24) is 15.5 Å². The molecule has 1 heterocycles. The van der Waals surface area contributed by atoms with E-state index in [0.717, 1.165) is 19.6 Å². The number of primary amides is 1. The average molecular weight is 186 g/mol. The van der Waals surface area contributed by atoms with Crippen molar-refractivity contribution in [3.05, 3.63) is 0 Å². The van der Waals surface area contributed by atoms with Gasteiger partial charge in [-0.1, -0.05) is 0 Å². The molecule has 1 atom stereocenters. The summed E-state index contributed by atoms with van der Waals surface area (Å²) < 4.78 is 0. The standard InChI is InChI=1S/C8H18N4O/c1-12-5-2-7(6-12)10-3-4-11-8(9)13/h7,10H,2-6H2,1H3,(H3,9,11,13). The molecule has 0 saturated carbocycles. The minimum Gasteiger partial charge on any atom is -0.352 e. The molecule has 2 amide bonds. The minimum absolute atomic E-state index is 0.453. The number of likely N-dealkylation sites (tertiary alicyclic amines) is 1. The molecule has 76 valence electrons. The third-order valence-corrected chi connectivity index (χ3v) is 2.25. The summed E-state index contributed by atoms with van der Waals surface area (Å²) >= 11 is 0. The number of urea groups is 1. The average Bonchev–Trinajstić information content (AvgIpc) is 2.45. The maximum atomic E-state index is 10.3. The number of nitrogens with two attached hydrogens (primary N) is 1. The predicted octanol–water partition coefficient (Wildman–Crippen LogP) is -1.05. The largest absolute Gasteiger partial charge is 0.352 e. The first-order valence-electron chi connectivity index (χ1n) is 4.63. The van der Waals surface area contributed by atoms with E-state index in [1.807, 2.05) is 0 Å². The van der Waals surface area contributed by atoms with Gasteiger partial charge in [0.25, 0.3) is 0 Å². The molecule has 0 aromatic heterocycles. The van der Waals surface area contributed by atoms with Gasteiger partial charge in [0, 0.05) is 25.7 Å². The van der Waals surface area contributed by atoms with Crippen LogP contribution in [0.3, 0.4) is 0 Å². The van der Waals surface area contributed by atoms with Gasteiger partial charge < -0.3 is 21.3 Å². The van der Waals surface area contributed by atoms with Crippen LogP contribution in [0.2, 0.25) is 0 Å². The van der Waals surface area contributed by atoms with Crippen molar-refractivity contribution in [2.75, 3.05) is 33.2 Å². The summed E-state index contributed by atoms with van der Waals surface area (Å²) in [6.07, 6.45) is 1.19. The van der Waals surface area contributed by atoms with Crippen LogP contribution in [0, 0.1) is 0 Å². The first-order chi connectivity index (χ1) is 6.18. The second-order valence-corrected chi connectivity index (χ2v) is 3.49. The number of hydrogen-bond donors (Lipinski definition) is 3. The Bertz CT molecular complexity index is 174. The molecule has 5 nitrogen and oxygen atoms in total. The van der Waals surface area contributed by atoms with Crippen LogP contribution in [-0.4, -0.2) is 50.2 Å². The molecule has 0 aliphatic carbocycles. The Hall–Kier alpha value is -0.810. The van der Waals surface area contributed by atoms with Crippen LogP contribution < -0.4 is 16.4 Å². The van der Waals surface area contributed by atoms with E-state index in [-0.39, 0.29) is 0 Å². The van der Waals surface area contributed by atoms with Gasteiger partial charge >= 0.3 is 6.03 Å². The van der Waals surface area contributed by atoms with E-state index in [1.165, 1.54) is 6.42 Å². The number of likely N-dealkylation sites (N-methyl/N-ethyl adjacent to an activating group) is 1. The third kappa shape index (κ3) is 4.10. The van der Waals surface area contributed by atoms with E-state index in [4.69, 9.17) is 5.73 Å². The highest BCUT2D eigenvalue weighted by Gasteiger charge is 2.17. The van der Waals surface area contributed by atoms with Crippen molar-refractivity contribution in [3.63, 3.8) is 0 Å². The smallest absolute Gasteiger partial charge is 0.312 e. The van der Waals surface area contributed by atoms with Gasteiger partial charge in [-0.3, -0.25) is 0 Å². The number of rotatable bonds is 4. The summed E-state index contributed by atoms with van der Waals surface area (Å²) in [6, 6.07) is 0.116. The molecule has 0 aromatic carbocycles. The zero-order valence-electron chi connectivity index (χ0n) is 8.05. The lowest BCUT2D eigenvalue weighted by Crippen LogP contribution is -2.39. The zero-order chi connectivity index (χ0) is 9.68. The molecular weight excluding hydrogens is 168 g/mol. The number of hydrogen-bond acceptors (Lipinski definition) is 3. The van der Waals surface area contributed by atoms with Gasteiger partial charge in [0.1, 0.15) is 0 Å². The quantitative estimate of drug-likeness (QED) is 0.491. The number of amides is 2. The molecule has 1 saturated heterocycles. The van der Waals surface area contributed by atoms with Gasteiger partial charge in [-0.2, -0.15) is 0 Å². The highest BCUT2D eigenvalue weighted by molar-refractivity contribution is 5.71. The predicted molar refractivity (Wildman–Crippen MR) is 51.5 cm³/mol. The Labute approximate surface area is 78.6 Å². The summed E-state index contributed by atoms with van der Waals surface area (Å²) in [5.74, 6) is 0. The Kier molecular flexibility index (Phi) is 3.98. The van der Waals surface area contributed by atoms with Crippen molar-refractivity contribution in [3.8, 4) is 0 Å². The van der Waals surface area contributed by atoms with Crippen molar-refractivity contribution >= 4 is 6.03 Å². The second-order valence-electron chi connectivity index (χ2n) is 3.49. The van der Waals surface area contributed by atoms with Crippen LogP contribution >= 0.6 is 0 Å². The third-order valence-electron chi connectivity index (χ3n) is 2.25. The number of nitrogens with zero attached hydrogens (tertiary/aromatic N) is 1. The van der Waals surface area contributed by atoms with Crippen molar-refractivity contribution in [2.45, 2.75) is 12.5 Å². The number of carbonyl (C=O) groups is 1. The molecule has 0 radical (unpaired) electrons. The molecule has 0 bridgehead atoms. The molecule has 13 heavy (non-hydrogen) atoms. The number of carbonyl (C=O) groups excluding carboxylic acids is 1. The lowest BCUT2D eigenvalue weighted by atomic mass is 10.2. The Morgan fingerprint density at radius 1 is 1.62 bits per heavy atom. The van der Waals surface area contributed by atoms with Gasteiger partial charge in [0.2, 0.25) is 0 Å². The van der Waals surface area contributed by atoms with E-state index in [1.54, 1.807) is 0 Å². The monoisotopic (exact) mass is 186 g/mol.